The SMILES string of the molecule is Cc1c(NC(=O)C(C)Sc2nnc(NC(=O)c3ccccn3)s2)c(=O)n(-c2ccccc2)n1C. The second kappa shape index (κ2) is 10.0. The topological polar surface area (TPSA) is 124 Å². The maximum Gasteiger partial charge on any atom is 0.295 e. The summed E-state index contributed by atoms with van der Waals surface area (Å²) in [7, 11) is 1.76. The van der Waals surface area contributed by atoms with E-state index in [-0.39, 0.29) is 22.8 Å². The highest BCUT2D eigenvalue weighted by Gasteiger charge is 2.23. The molecule has 2 amide bonds. The van der Waals surface area contributed by atoms with E-state index in [1.54, 1.807) is 43.8 Å². The first-order valence-corrected chi connectivity index (χ1v) is 11.9. The maximum atomic E-state index is 13.0. The standard InChI is InChI=1S/C22H21N7O3S2/c1-13-17(20(32)29(28(13)3)15-9-5-4-6-10-15)24-18(30)14(2)33-22-27-26-21(34-22)25-19(31)16-11-7-8-12-23-16/h4-12,14H,1-3H3,(H,24,30)(H,25,26,31). The quantitative estimate of drug-likeness (QED) is 0.298. The van der Waals surface area contributed by atoms with Gasteiger partial charge in [0.1, 0.15) is 11.4 Å². The van der Waals surface area contributed by atoms with Crippen LogP contribution in [-0.2, 0) is 11.8 Å². The summed E-state index contributed by atoms with van der Waals surface area (Å²) in [6.07, 6.45) is 1.53. The number of thioether (sulfide) groups is 1. The molecule has 0 spiro atoms. The van der Waals surface area contributed by atoms with Crippen LogP contribution in [0.5, 0.6) is 0 Å². The number of amides is 2. The minimum atomic E-state index is -0.559. The zero-order valence-corrected chi connectivity index (χ0v) is 20.2. The van der Waals surface area contributed by atoms with Crippen molar-refractivity contribution in [3.05, 3.63) is 76.5 Å². The van der Waals surface area contributed by atoms with Gasteiger partial charge in [0, 0.05) is 13.2 Å². The van der Waals surface area contributed by atoms with Crippen molar-refractivity contribution < 1.29 is 9.59 Å². The Hall–Kier alpha value is -3.77. The van der Waals surface area contributed by atoms with Gasteiger partial charge in [-0.2, -0.15) is 0 Å². The number of nitrogens with zero attached hydrogens (tertiary/aromatic N) is 5. The average molecular weight is 496 g/mol. The lowest BCUT2D eigenvalue weighted by atomic mass is 10.3. The number of benzene rings is 1. The first-order chi connectivity index (χ1) is 16.3. The maximum absolute atomic E-state index is 13.0. The predicted molar refractivity (Wildman–Crippen MR) is 132 cm³/mol. The van der Waals surface area contributed by atoms with Crippen molar-refractivity contribution in [2.24, 2.45) is 7.05 Å². The number of pyridine rings is 1. The number of hydrogen-bond donors (Lipinski definition) is 2. The molecule has 0 aliphatic heterocycles. The lowest BCUT2D eigenvalue weighted by molar-refractivity contribution is -0.115. The van der Waals surface area contributed by atoms with E-state index in [0.29, 0.717) is 20.9 Å². The van der Waals surface area contributed by atoms with Crippen LogP contribution in [0.25, 0.3) is 5.69 Å². The molecule has 10 nitrogen and oxygen atoms in total. The molecule has 0 fully saturated rings. The number of carbonyl (C=O) groups excluding carboxylic acids is 2. The molecule has 0 aliphatic carbocycles. The summed E-state index contributed by atoms with van der Waals surface area (Å²) < 4.78 is 3.71. The molecule has 4 aromatic rings. The molecule has 0 saturated carbocycles. The van der Waals surface area contributed by atoms with Crippen molar-refractivity contribution in [3.63, 3.8) is 0 Å². The molecule has 1 atom stereocenters. The fourth-order valence-corrected chi connectivity index (χ4v) is 5.00. The van der Waals surface area contributed by atoms with Crippen LogP contribution in [0.3, 0.4) is 0 Å². The molecule has 4 rings (SSSR count). The molecule has 1 aromatic carbocycles. The Labute approximate surface area is 203 Å². The monoisotopic (exact) mass is 495 g/mol. The Morgan fingerprint density at radius 3 is 2.50 bits per heavy atom. The molecule has 0 bridgehead atoms. The molecule has 3 heterocycles. The van der Waals surface area contributed by atoms with E-state index in [1.807, 2.05) is 30.3 Å². The van der Waals surface area contributed by atoms with Crippen LogP contribution in [0.1, 0.15) is 23.1 Å². The molecular formula is C22H21N7O3S2. The molecule has 0 radical (unpaired) electrons. The summed E-state index contributed by atoms with van der Waals surface area (Å²) >= 11 is 2.33. The zero-order chi connectivity index (χ0) is 24.2. The number of hydrogen-bond acceptors (Lipinski definition) is 8. The van der Waals surface area contributed by atoms with Crippen molar-refractivity contribution in [1.29, 1.82) is 0 Å². The van der Waals surface area contributed by atoms with E-state index in [9.17, 15) is 14.4 Å². The first-order valence-electron chi connectivity index (χ1n) is 10.2. The summed E-state index contributed by atoms with van der Waals surface area (Å²) in [5.41, 5.74) is 1.51. The van der Waals surface area contributed by atoms with Gasteiger partial charge in [-0.15, -0.1) is 10.2 Å². The van der Waals surface area contributed by atoms with Gasteiger partial charge in [0.2, 0.25) is 11.0 Å². The Balaban J connectivity index is 1.43. The van der Waals surface area contributed by atoms with Crippen molar-refractivity contribution >= 4 is 45.7 Å². The third-order valence-electron chi connectivity index (χ3n) is 4.97. The van der Waals surface area contributed by atoms with Crippen LogP contribution in [0.15, 0.2) is 63.9 Å². The summed E-state index contributed by atoms with van der Waals surface area (Å²) in [5, 5.41) is 13.1. The van der Waals surface area contributed by atoms with E-state index < -0.39 is 11.2 Å². The number of nitrogens with one attached hydrogen (secondary N) is 2. The summed E-state index contributed by atoms with van der Waals surface area (Å²) in [5.74, 6) is -0.737. The largest absolute Gasteiger partial charge is 0.319 e. The third-order valence-corrected chi connectivity index (χ3v) is 7.00. The van der Waals surface area contributed by atoms with E-state index in [0.717, 1.165) is 11.3 Å². The zero-order valence-electron chi connectivity index (χ0n) is 18.6. The van der Waals surface area contributed by atoms with E-state index in [4.69, 9.17) is 0 Å². The highest BCUT2D eigenvalue weighted by molar-refractivity contribution is 8.02. The number of aromatic nitrogens is 5. The van der Waals surface area contributed by atoms with Crippen LogP contribution in [0, 0.1) is 6.92 Å². The summed E-state index contributed by atoms with van der Waals surface area (Å²) in [6, 6.07) is 14.2. The van der Waals surface area contributed by atoms with Crippen LogP contribution in [-0.4, -0.2) is 41.6 Å². The first kappa shape index (κ1) is 23.4. The summed E-state index contributed by atoms with van der Waals surface area (Å²) in [4.78, 5) is 42.0. The highest BCUT2D eigenvalue weighted by atomic mass is 32.2. The number of carbonyl (C=O) groups is 2. The molecule has 3 aromatic heterocycles. The Morgan fingerprint density at radius 1 is 1.06 bits per heavy atom. The fourth-order valence-electron chi connectivity index (χ4n) is 3.11. The van der Waals surface area contributed by atoms with Crippen molar-refractivity contribution in [2.45, 2.75) is 23.4 Å². The van der Waals surface area contributed by atoms with Gasteiger partial charge < -0.3 is 5.32 Å². The molecule has 34 heavy (non-hydrogen) atoms. The predicted octanol–water partition coefficient (Wildman–Crippen LogP) is 3.10. The van der Waals surface area contributed by atoms with Crippen LogP contribution >= 0.6 is 23.1 Å². The van der Waals surface area contributed by atoms with Crippen molar-refractivity contribution in [1.82, 2.24) is 24.5 Å². The third kappa shape index (κ3) is 4.92. The molecule has 174 valence electrons. The molecule has 2 N–H and O–H groups in total. The van der Waals surface area contributed by atoms with Gasteiger partial charge in [-0.05, 0) is 38.1 Å². The van der Waals surface area contributed by atoms with E-state index in [1.165, 1.54) is 22.6 Å². The molecule has 0 saturated heterocycles. The van der Waals surface area contributed by atoms with Crippen LogP contribution in [0.2, 0.25) is 0 Å². The van der Waals surface area contributed by atoms with Gasteiger partial charge in [-0.25, -0.2) is 4.68 Å². The minimum Gasteiger partial charge on any atom is -0.319 e. The second-order valence-electron chi connectivity index (χ2n) is 7.23. The van der Waals surface area contributed by atoms with Gasteiger partial charge >= 0.3 is 0 Å². The van der Waals surface area contributed by atoms with Gasteiger partial charge in [0.05, 0.1) is 16.6 Å². The normalized spacial score (nSPS) is 11.7. The van der Waals surface area contributed by atoms with E-state index >= 15 is 0 Å². The lowest BCUT2D eigenvalue weighted by Gasteiger charge is -2.09. The molecular weight excluding hydrogens is 474 g/mol. The van der Waals surface area contributed by atoms with Crippen molar-refractivity contribution in [3.8, 4) is 5.69 Å². The Kier molecular flexibility index (Phi) is 6.89. The summed E-state index contributed by atoms with van der Waals surface area (Å²) in [6.45, 7) is 3.48. The van der Waals surface area contributed by atoms with Crippen molar-refractivity contribution in [2.75, 3.05) is 10.6 Å². The van der Waals surface area contributed by atoms with Gasteiger partial charge in [-0.1, -0.05) is 47.4 Å². The van der Waals surface area contributed by atoms with Crippen LogP contribution < -0.4 is 16.2 Å². The molecule has 1 unspecified atom stereocenters. The number of rotatable bonds is 7. The van der Waals surface area contributed by atoms with Gasteiger partial charge in [0.25, 0.3) is 11.5 Å². The number of para-hydroxylation sites is 1. The highest BCUT2D eigenvalue weighted by Crippen LogP contribution is 2.29. The lowest BCUT2D eigenvalue weighted by Crippen LogP contribution is -2.27. The van der Waals surface area contributed by atoms with Crippen LogP contribution in [0.4, 0.5) is 10.8 Å². The Morgan fingerprint density at radius 2 is 1.79 bits per heavy atom. The van der Waals surface area contributed by atoms with Gasteiger partial charge in [-0.3, -0.25) is 29.4 Å². The average Bonchev–Trinajstić information content (AvgIpc) is 3.37. The minimum absolute atomic E-state index is 0.226. The fraction of sp³-hybridized carbons (Fsp3) is 0.182. The second-order valence-corrected chi connectivity index (χ2v) is 9.79. The molecule has 12 heteroatoms. The van der Waals surface area contributed by atoms with E-state index in [2.05, 4.69) is 25.8 Å². The Bertz CT molecular complexity index is 1380. The van der Waals surface area contributed by atoms with Gasteiger partial charge in [0.15, 0.2) is 4.34 Å². The number of anilines is 2. The smallest absolute Gasteiger partial charge is 0.295 e. The molecule has 0 aliphatic rings.